The van der Waals surface area contributed by atoms with Crippen LogP contribution in [0.15, 0.2) is 0 Å². The normalized spacial score (nSPS) is 28.4. The van der Waals surface area contributed by atoms with E-state index in [1.54, 1.807) is 5.32 Å². The van der Waals surface area contributed by atoms with Gasteiger partial charge in [-0.1, -0.05) is 6.42 Å². The van der Waals surface area contributed by atoms with E-state index in [4.69, 9.17) is 5.11 Å². The molecule has 0 aliphatic heterocycles. The minimum atomic E-state index is -4.80. The van der Waals surface area contributed by atoms with Crippen molar-refractivity contribution in [2.24, 2.45) is 5.41 Å². The molecule has 1 amide bonds. The first-order valence-corrected chi connectivity index (χ1v) is 5.32. The van der Waals surface area contributed by atoms with Gasteiger partial charge < -0.3 is 10.4 Å². The Labute approximate surface area is 100 Å². The van der Waals surface area contributed by atoms with Crippen LogP contribution in [0.1, 0.15) is 26.2 Å². The van der Waals surface area contributed by atoms with Gasteiger partial charge in [-0.15, -0.1) is 0 Å². The molecule has 8 heteroatoms. The average Bonchev–Trinajstić information content (AvgIpc) is 2.61. The maximum absolute atomic E-state index is 12.7. The molecule has 1 saturated carbocycles. The lowest BCUT2D eigenvalue weighted by Gasteiger charge is -2.29. The molecule has 0 heterocycles. The third kappa shape index (κ3) is 2.41. The molecular weight excluding hydrogens is 258 g/mol. The first kappa shape index (κ1) is 14.7. The van der Waals surface area contributed by atoms with Crippen LogP contribution in [0.5, 0.6) is 0 Å². The van der Waals surface area contributed by atoms with E-state index in [-0.39, 0.29) is 12.8 Å². The molecule has 1 fully saturated rings. The zero-order chi connectivity index (χ0) is 14.1. The van der Waals surface area contributed by atoms with Gasteiger partial charge in [0.1, 0.15) is 0 Å². The Hall–Kier alpha value is -1.34. The van der Waals surface area contributed by atoms with Gasteiger partial charge in [-0.2, -0.15) is 8.78 Å². The van der Waals surface area contributed by atoms with Crippen molar-refractivity contribution >= 4 is 11.9 Å². The monoisotopic (exact) mass is 271 g/mol. The van der Waals surface area contributed by atoms with Crippen LogP contribution >= 0.6 is 0 Å². The molecule has 104 valence electrons. The van der Waals surface area contributed by atoms with E-state index in [1.807, 2.05) is 0 Å². The van der Waals surface area contributed by atoms with Crippen LogP contribution < -0.4 is 5.32 Å². The minimum Gasteiger partial charge on any atom is -0.481 e. The molecule has 0 aromatic carbocycles. The number of nitrogens with one attached hydrogen (secondary N) is 1. The summed E-state index contributed by atoms with van der Waals surface area (Å²) in [6.45, 7) is 1.30. The number of rotatable bonds is 4. The van der Waals surface area contributed by atoms with Gasteiger partial charge in [0.25, 0.3) is 5.91 Å². The molecule has 4 nitrogen and oxygen atoms in total. The van der Waals surface area contributed by atoms with Crippen molar-refractivity contribution in [2.45, 2.75) is 44.6 Å². The van der Waals surface area contributed by atoms with Crippen LogP contribution in [0.25, 0.3) is 0 Å². The second kappa shape index (κ2) is 4.74. The lowest BCUT2D eigenvalue weighted by molar-refractivity contribution is -0.171. The lowest BCUT2D eigenvalue weighted by atomic mass is 9.85. The number of carbonyl (C=O) groups excluding carboxylic acids is 1. The minimum absolute atomic E-state index is 0.174. The van der Waals surface area contributed by atoms with Gasteiger partial charge in [0.15, 0.2) is 0 Å². The summed E-state index contributed by atoms with van der Waals surface area (Å²) in [4.78, 5) is 22.1. The number of carboxylic acid groups (broad SMARTS) is 1. The molecule has 0 saturated heterocycles. The summed E-state index contributed by atoms with van der Waals surface area (Å²) in [6.07, 6.45) is -3.31. The summed E-state index contributed by atoms with van der Waals surface area (Å²) in [5.74, 6) is -8.18. The molecule has 1 aliphatic rings. The standard InChI is InChI=1S/C10H13F4NO3/c1-9(8(17)18)4-2-3-5(9)15-7(16)10(13,14)6(11)12/h5-6H,2-4H2,1H3,(H,15,16)(H,17,18). The number of halogens is 4. The smallest absolute Gasteiger partial charge is 0.383 e. The fourth-order valence-corrected chi connectivity index (χ4v) is 2.01. The molecule has 2 atom stereocenters. The van der Waals surface area contributed by atoms with Gasteiger partial charge in [0, 0.05) is 6.04 Å². The molecule has 2 unspecified atom stereocenters. The fourth-order valence-electron chi connectivity index (χ4n) is 2.01. The van der Waals surface area contributed by atoms with E-state index in [2.05, 4.69) is 0 Å². The fraction of sp³-hybridized carbons (Fsp3) is 0.800. The highest BCUT2D eigenvalue weighted by atomic mass is 19.3. The molecule has 18 heavy (non-hydrogen) atoms. The highest BCUT2D eigenvalue weighted by Gasteiger charge is 2.53. The third-order valence-electron chi connectivity index (χ3n) is 3.33. The Bertz CT molecular complexity index is 361. The van der Waals surface area contributed by atoms with Crippen molar-refractivity contribution in [3.8, 4) is 0 Å². The molecular formula is C10H13F4NO3. The van der Waals surface area contributed by atoms with Crippen molar-refractivity contribution in [2.75, 3.05) is 0 Å². The largest absolute Gasteiger partial charge is 0.481 e. The first-order chi connectivity index (χ1) is 8.12. The second-order valence-electron chi connectivity index (χ2n) is 4.56. The van der Waals surface area contributed by atoms with Crippen LogP contribution in [-0.2, 0) is 9.59 Å². The van der Waals surface area contributed by atoms with Gasteiger partial charge in [-0.05, 0) is 19.8 Å². The van der Waals surface area contributed by atoms with E-state index in [9.17, 15) is 27.2 Å². The summed E-state index contributed by atoms with van der Waals surface area (Å²) < 4.78 is 49.4. The van der Waals surface area contributed by atoms with Crippen molar-refractivity contribution < 1.29 is 32.3 Å². The Morgan fingerprint density at radius 2 is 2.00 bits per heavy atom. The zero-order valence-corrected chi connectivity index (χ0v) is 9.55. The highest BCUT2D eigenvalue weighted by Crippen LogP contribution is 2.38. The number of hydrogen-bond acceptors (Lipinski definition) is 2. The lowest BCUT2D eigenvalue weighted by Crippen LogP contribution is -2.53. The summed E-state index contributed by atoms with van der Waals surface area (Å²) in [5, 5.41) is 10.7. The molecule has 0 radical (unpaired) electrons. The molecule has 2 N–H and O–H groups in total. The number of amides is 1. The highest BCUT2D eigenvalue weighted by molar-refractivity contribution is 5.85. The Balaban J connectivity index is 2.80. The molecule has 1 rings (SSSR count). The van der Waals surface area contributed by atoms with Crippen LogP contribution in [0.2, 0.25) is 0 Å². The van der Waals surface area contributed by atoms with Crippen LogP contribution in [-0.4, -0.2) is 35.4 Å². The summed E-state index contributed by atoms with van der Waals surface area (Å²) >= 11 is 0. The van der Waals surface area contributed by atoms with Gasteiger partial charge in [-0.3, -0.25) is 9.59 Å². The maximum Gasteiger partial charge on any atom is 0.383 e. The number of hydrogen-bond donors (Lipinski definition) is 2. The van der Waals surface area contributed by atoms with E-state index in [1.165, 1.54) is 6.92 Å². The summed E-state index contributed by atoms with van der Waals surface area (Å²) in [7, 11) is 0. The molecule has 0 bridgehead atoms. The predicted molar refractivity (Wildman–Crippen MR) is 52.5 cm³/mol. The third-order valence-corrected chi connectivity index (χ3v) is 3.33. The molecule has 0 spiro atoms. The van der Waals surface area contributed by atoms with Gasteiger partial charge in [0.2, 0.25) is 0 Å². The van der Waals surface area contributed by atoms with E-state index in [0.29, 0.717) is 6.42 Å². The van der Waals surface area contributed by atoms with E-state index in [0.717, 1.165) is 0 Å². The van der Waals surface area contributed by atoms with Gasteiger partial charge in [-0.25, -0.2) is 8.78 Å². The van der Waals surface area contributed by atoms with E-state index >= 15 is 0 Å². The predicted octanol–water partition coefficient (Wildman–Crippen LogP) is 1.65. The molecule has 0 aromatic heterocycles. The Morgan fingerprint density at radius 3 is 2.44 bits per heavy atom. The van der Waals surface area contributed by atoms with Crippen molar-refractivity contribution in [3.63, 3.8) is 0 Å². The van der Waals surface area contributed by atoms with Crippen LogP contribution in [0.3, 0.4) is 0 Å². The number of alkyl halides is 4. The van der Waals surface area contributed by atoms with Gasteiger partial charge >= 0.3 is 18.3 Å². The molecule has 0 aromatic rings. The Kier molecular flexibility index (Phi) is 3.87. The number of carbonyl (C=O) groups is 2. The van der Waals surface area contributed by atoms with Crippen molar-refractivity contribution in [3.05, 3.63) is 0 Å². The first-order valence-electron chi connectivity index (χ1n) is 5.32. The average molecular weight is 271 g/mol. The Morgan fingerprint density at radius 1 is 1.44 bits per heavy atom. The topological polar surface area (TPSA) is 66.4 Å². The van der Waals surface area contributed by atoms with Crippen molar-refractivity contribution in [1.29, 1.82) is 0 Å². The SMILES string of the molecule is CC1(C(=O)O)CCCC1NC(=O)C(F)(F)C(F)F. The van der Waals surface area contributed by atoms with Gasteiger partial charge in [0.05, 0.1) is 5.41 Å². The van der Waals surface area contributed by atoms with E-state index < -0.39 is 35.7 Å². The number of carboxylic acids is 1. The van der Waals surface area contributed by atoms with Crippen LogP contribution in [0, 0.1) is 5.41 Å². The van der Waals surface area contributed by atoms with Crippen molar-refractivity contribution in [1.82, 2.24) is 5.32 Å². The van der Waals surface area contributed by atoms with Crippen LogP contribution in [0.4, 0.5) is 17.6 Å². The number of aliphatic carboxylic acids is 1. The zero-order valence-electron chi connectivity index (χ0n) is 9.55. The summed E-state index contributed by atoms with van der Waals surface area (Å²) in [5.41, 5.74) is -1.39. The second-order valence-corrected chi connectivity index (χ2v) is 4.56. The quantitative estimate of drug-likeness (QED) is 0.764. The summed E-state index contributed by atoms with van der Waals surface area (Å²) in [6, 6.07) is -1.06. The molecule has 1 aliphatic carbocycles. The maximum atomic E-state index is 12.7.